The van der Waals surface area contributed by atoms with Gasteiger partial charge in [0.1, 0.15) is 5.01 Å². The quantitative estimate of drug-likeness (QED) is 0.279. The maximum absolute atomic E-state index is 12.8. The lowest BCUT2D eigenvalue weighted by molar-refractivity contribution is -0.138. The van der Waals surface area contributed by atoms with Crippen LogP contribution in [0.5, 0.6) is 0 Å². The molecule has 0 aliphatic heterocycles. The molecule has 0 saturated carbocycles. The van der Waals surface area contributed by atoms with Crippen molar-refractivity contribution in [1.29, 1.82) is 0 Å². The number of nitrogens with zero attached hydrogens (tertiary/aromatic N) is 2. The molecule has 0 aliphatic carbocycles. The highest BCUT2D eigenvalue weighted by Crippen LogP contribution is 2.36. The molecule has 10 heteroatoms. The number of halogens is 3. The molecule has 2 aromatic carbocycles. The minimum absolute atomic E-state index is 0.0628. The zero-order valence-corrected chi connectivity index (χ0v) is 19.2. The van der Waals surface area contributed by atoms with Crippen molar-refractivity contribution < 1.29 is 23.1 Å². The van der Waals surface area contributed by atoms with Gasteiger partial charge in [0.05, 0.1) is 32.9 Å². The number of thioether (sulfide) groups is 1. The standard InChI is InChI=1S/C22H17F3N2O2S3/c1-12-18(32-21(26-12)13-2-4-14(5-3-13)22(23,24)25)11-30-15-6-7-17-16(10-15)27-19(31-17)8-9-20(28)29/h2-7,10H,8-9,11H2,1H3,(H,28,29). The Labute approximate surface area is 194 Å². The third kappa shape index (κ3) is 5.31. The Morgan fingerprint density at radius 1 is 1.09 bits per heavy atom. The van der Waals surface area contributed by atoms with Gasteiger partial charge in [0.25, 0.3) is 0 Å². The topological polar surface area (TPSA) is 63.1 Å². The monoisotopic (exact) mass is 494 g/mol. The van der Waals surface area contributed by atoms with E-state index in [-0.39, 0.29) is 6.42 Å². The van der Waals surface area contributed by atoms with Gasteiger partial charge in [-0.2, -0.15) is 13.2 Å². The SMILES string of the molecule is Cc1nc(-c2ccc(C(F)(F)F)cc2)sc1CSc1ccc2sc(CCC(=O)O)nc2c1. The molecule has 0 amide bonds. The van der Waals surface area contributed by atoms with Crippen LogP contribution in [0, 0.1) is 6.92 Å². The summed E-state index contributed by atoms with van der Waals surface area (Å²) in [5, 5.41) is 10.3. The van der Waals surface area contributed by atoms with Gasteiger partial charge in [0.15, 0.2) is 0 Å². The maximum atomic E-state index is 12.8. The summed E-state index contributed by atoms with van der Waals surface area (Å²) < 4.78 is 39.4. The lowest BCUT2D eigenvalue weighted by Gasteiger charge is -2.06. The number of hydrogen-bond donors (Lipinski definition) is 1. The number of benzene rings is 2. The lowest BCUT2D eigenvalue weighted by Crippen LogP contribution is -2.03. The highest BCUT2D eigenvalue weighted by Gasteiger charge is 2.30. The van der Waals surface area contributed by atoms with Gasteiger partial charge in [-0.3, -0.25) is 4.79 Å². The smallest absolute Gasteiger partial charge is 0.416 e. The molecule has 0 radical (unpaired) electrons. The average Bonchev–Trinajstić information content (AvgIpc) is 3.32. The van der Waals surface area contributed by atoms with Crippen LogP contribution in [0.15, 0.2) is 47.4 Å². The number of aryl methyl sites for hydroxylation is 2. The average molecular weight is 495 g/mol. The van der Waals surface area contributed by atoms with Gasteiger partial charge in [-0.1, -0.05) is 12.1 Å². The second-order valence-electron chi connectivity index (χ2n) is 7.02. The summed E-state index contributed by atoms with van der Waals surface area (Å²) in [6.45, 7) is 1.90. The van der Waals surface area contributed by atoms with Crippen molar-refractivity contribution in [2.75, 3.05) is 0 Å². The Bertz CT molecular complexity index is 1260. The first-order valence-electron chi connectivity index (χ1n) is 9.57. The van der Waals surface area contributed by atoms with E-state index in [1.54, 1.807) is 11.8 Å². The summed E-state index contributed by atoms with van der Waals surface area (Å²) in [5.74, 6) is -0.151. The van der Waals surface area contributed by atoms with Gasteiger partial charge >= 0.3 is 12.1 Å². The van der Waals surface area contributed by atoms with Gasteiger partial charge in [0.2, 0.25) is 0 Å². The van der Waals surface area contributed by atoms with E-state index in [9.17, 15) is 18.0 Å². The first-order chi connectivity index (χ1) is 15.2. The third-order valence-corrected chi connectivity index (χ3v) is 8.18. The minimum Gasteiger partial charge on any atom is -0.481 e. The van der Waals surface area contributed by atoms with Crippen molar-refractivity contribution >= 4 is 50.6 Å². The van der Waals surface area contributed by atoms with E-state index in [0.29, 0.717) is 22.7 Å². The highest BCUT2D eigenvalue weighted by molar-refractivity contribution is 7.98. The highest BCUT2D eigenvalue weighted by atomic mass is 32.2. The predicted octanol–water partition coefficient (Wildman–Crippen LogP) is 7.06. The molecule has 166 valence electrons. The Morgan fingerprint density at radius 2 is 1.84 bits per heavy atom. The number of aromatic nitrogens is 2. The van der Waals surface area contributed by atoms with Gasteiger partial charge in [0, 0.05) is 27.5 Å². The zero-order chi connectivity index (χ0) is 22.9. The number of rotatable bonds is 7. The molecule has 2 heterocycles. The molecule has 0 bridgehead atoms. The molecular weight excluding hydrogens is 477 g/mol. The first kappa shape index (κ1) is 22.8. The summed E-state index contributed by atoms with van der Waals surface area (Å²) in [6, 6.07) is 11.1. The summed E-state index contributed by atoms with van der Waals surface area (Å²) in [4.78, 5) is 21.9. The summed E-state index contributed by atoms with van der Waals surface area (Å²) in [6.07, 6.45) is -3.87. The van der Waals surface area contributed by atoms with E-state index in [2.05, 4.69) is 9.97 Å². The normalized spacial score (nSPS) is 11.9. The number of carboxylic acids is 1. The second kappa shape index (κ2) is 9.21. The van der Waals surface area contributed by atoms with Crippen LogP contribution in [-0.4, -0.2) is 21.0 Å². The Kier molecular flexibility index (Phi) is 6.55. The van der Waals surface area contributed by atoms with Crippen molar-refractivity contribution in [3.8, 4) is 10.6 Å². The molecule has 0 fully saturated rings. The molecule has 0 spiro atoms. The summed E-state index contributed by atoms with van der Waals surface area (Å²) in [5.41, 5.74) is 1.71. The Morgan fingerprint density at radius 3 is 2.53 bits per heavy atom. The van der Waals surface area contributed by atoms with E-state index in [1.807, 2.05) is 25.1 Å². The van der Waals surface area contributed by atoms with Gasteiger partial charge < -0.3 is 5.11 Å². The molecule has 0 unspecified atom stereocenters. The zero-order valence-electron chi connectivity index (χ0n) is 16.8. The third-order valence-electron chi connectivity index (χ3n) is 4.68. The fourth-order valence-corrected chi connectivity index (χ4v) is 6.09. The fourth-order valence-electron chi connectivity index (χ4n) is 3.00. The lowest BCUT2D eigenvalue weighted by atomic mass is 10.1. The van der Waals surface area contributed by atoms with E-state index < -0.39 is 17.7 Å². The van der Waals surface area contributed by atoms with Crippen LogP contribution in [0.1, 0.15) is 27.6 Å². The maximum Gasteiger partial charge on any atom is 0.416 e. The number of fused-ring (bicyclic) bond motifs is 1. The fraction of sp³-hybridized carbons (Fsp3) is 0.227. The molecule has 0 atom stereocenters. The van der Waals surface area contributed by atoms with Crippen molar-refractivity contribution in [3.63, 3.8) is 0 Å². The van der Waals surface area contributed by atoms with Gasteiger partial charge in [-0.25, -0.2) is 9.97 Å². The van der Waals surface area contributed by atoms with Crippen LogP contribution in [0.25, 0.3) is 20.8 Å². The van der Waals surface area contributed by atoms with Crippen molar-refractivity contribution in [1.82, 2.24) is 9.97 Å². The molecular formula is C22H17F3N2O2S3. The van der Waals surface area contributed by atoms with Crippen LogP contribution >= 0.6 is 34.4 Å². The number of carbonyl (C=O) groups is 1. The van der Waals surface area contributed by atoms with Crippen LogP contribution < -0.4 is 0 Å². The molecule has 0 aliphatic rings. The molecule has 4 aromatic rings. The van der Waals surface area contributed by atoms with Gasteiger partial charge in [-0.05, 0) is 37.3 Å². The largest absolute Gasteiger partial charge is 0.481 e. The predicted molar refractivity (Wildman–Crippen MR) is 122 cm³/mol. The second-order valence-corrected chi connectivity index (χ2v) is 10.3. The van der Waals surface area contributed by atoms with Crippen LogP contribution in [0.2, 0.25) is 0 Å². The first-order valence-corrected chi connectivity index (χ1v) is 12.2. The van der Waals surface area contributed by atoms with Crippen LogP contribution in [0.4, 0.5) is 13.2 Å². The number of thiazole rings is 2. The molecule has 0 saturated heterocycles. The Balaban J connectivity index is 1.45. The summed E-state index contributed by atoms with van der Waals surface area (Å²) in [7, 11) is 0. The number of alkyl halides is 3. The van der Waals surface area contributed by atoms with E-state index in [1.165, 1.54) is 34.8 Å². The van der Waals surface area contributed by atoms with Crippen LogP contribution in [-0.2, 0) is 23.1 Å². The summed E-state index contributed by atoms with van der Waals surface area (Å²) >= 11 is 4.62. The van der Waals surface area contributed by atoms with E-state index in [4.69, 9.17) is 5.11 Å². The molecule has 1 N–H and O–H groups in total. The number of hydrogen-bond acceptors (Lipinski definition) is 6. The number of aliphatic carboxylic acids is 1. The Hall–Kier alpha value is -2.43. The van der Waals surface area contributed by atoms with Gasteiger partial charge in [-0.15, -0.1) is 34.4 Å². The van der Waals surface area contributed by atoms with E-state index in [0.717, 1.165) is 42.8 Å². The molecule has 32 heavy (non-hydrogen) atoms. The van der Waals surface area contributed by atoms with Crippen molar-refractivity contribution in [2.45, 2.75) is 36.6 Å². The van der Waals surface area contributed by atoms with E-state index >= 15 is 0 Å². The minimum atomic E-state index is -4.35. The molecule has 4 rings (SSSR count). The number of carboxylic acid groups (broad SMARTS) is 1. The molecule has 4 nitrogen and oxygen atoms in total. The molecule has 2 aromatic heterocycles. The van der Waals surface area contributed by atoms with Crippen molar-refractivity contribution in [2.24, 2.45) is 0 Å². The van der Waals surface area contributed by atoms with Crippen molar-refractivity contribution in [3.05, 3.63) is 63.6 Å². The van der Waals surface area contributed by atoms with Crippen LogP contribution in [0.3, 0.4) is 0 Å².